The van der Waals surface area contributed by atoms with Crippen LogP contribution in [0.4, 0.5) is 0 Å². The Kier molecular flexibility index (Phi) is 3.49. The second-order valence-corrected chi connectivity index (χ2v) is 3.42. The molecule has 18 heavy (non-hydrogen) atoms. The van der Waals surface area contributed by atoms with E-state index in [1.807, 2.05) is 0 Å². The van der Waals surface area contributed by atoms with Crippen LogP contribution >= 0.6 is 0 Å². The van der Waals surface area contributed by atoms with Crippen LogP contribution in [0.25, 0.3) is 0 Å². The highest BCUT2D eigenvalue weighted by Gasteiger charge is 2.14. The van der Waals surface area contributed by atoms with E-state index >= 15 is 0 Å². The number of carbonyl (C=O) groups is 1. The van der Waals surface area contributed by atoms with Crippen LogP contribution in [-0.2, 0) is 6.61 Å². The van der Waals surface area contributed by atoms with E-state index in [9.17, 15) is 4.79 Å². The first kappa shape index (κ1) is 12.0. The van der Waals surface area contributed by atoms with E-state index in [1.54, 1.807) is 24.3 Å². The fourth-order valence-corrected chi connectivity index (χ4v) is 1.37. The average molecular weight is 246 g/mol. The zero-order valence-corrected chi connectivity index (χ0v) is 9.28. The predicted molar refractivity (Wildman–Crippen MR) is 61.4 cm³/mol. The van der Waals surface area contributed by atoms with Crippen LogP contribution in [0.2, 0.25) is 0 Å². The Balaban J connectivity index is 2.31. The monoisotopic (exact) mass is 246 g/mol. The normalized spacial score (nSPS) is 10.1. The van der Waals surface area contributed by atoms with Crippen molar-refractivity contribution in [2.75, 3.05) is 0 Å². The molecule has 0 radical (unpaired) electrons. The first-order valence-electron chi connectivity index (χ1n) is 5.12. The number of aliphatic hydroxyl groups excluding tert-OH is 1. The van der Waals surface area contributed by atoms with Crippen molar-refractivity contribution in [1.29, 1.82) is 0 Å². The third kappa shape index (κ3) is 2.61. The van der Waals surface area contributed by atoms with Crippen molar-refractivity contribution in [3.05, 3.63) is 47.9 Å². The number of hydrogen-bond acceptors (Lipinski definition) is 5. The summed E-state index contributed by atoms with van der Waals surface area (Å²) in [5.41, 5.74) is 0.403. The molecule has 0 aliphatic carbocycles. The van der Waals surface area contributed by atoms with Crippen molar-refractivity contribution in [2.45, 2.75) is 6.61 Å². The lowest BCUT2D eigenvalue weighted by molar-refractivity contribution is 0.0686. The molecule has 0 aliphatic rings. The van der Waals surface area contributed by atoms with Gasteiger partial charge in [0.1, 0.15) is 5.75 Å². The minimum Gasteiger partial charge on any atom is -0.476 e. The number of aromatic carboxylic acids is 1. The highest BCUT2D eigenvalue weighted by Crippen LogP contribution is 2.22. The standard InChI is InChI=1S/C12H10N2O4/c15-7-8-2-1-3-9(6-8)18-11-10(12(16)17)13-4-5-14-11/h1-6,15H,7H2,(H,16,17). The quantitative estimate of drug-likeness (QED) is 0.848. The Hall–Kier alpha value is -2.47. The largest absolute Gasteiger partial charge is 0.476 e. The van der Waals surface area contributed by atoms with Crippen LogP contribution in [0.15, 0.2) is 36.7 Å². The SMILES string of the molecule is O=C(O)c1nccnc1Oc1cccc(CO)c1. The van der Waals surface area contributed by atoms with Gasteiger partial charge in [-0.15, -0.1) is 0 Å². The summed E-state index contributed by atoms with van der Waals surface area (Å²) < 4.78 is 5.35. The molecule has 0 bridgehead atoms. The lowest BCUT2D eigenvalue weighted by Crippen LogP contribution is -2.04. The molecule has 6 heteroatoms. The maximum Gasteiger partial charge on any atom is 0.360 e. The second kappa shape index (κ2) is 5.24. The maximum absolute atomic E-state index is 10.9. The Morgan fingerprint density at radius 2 is 2.06 bits per heavy atom. The minimum absolute atomic E-state index is 0.0833. The topological polar surface area (TPSA) is 92.5 Å². The third-order valence-corrected chi connectivity index (χ3v) is 2.16. The molecular weight excluding hydrogens is 236 g/mol. The first-order chi connectivity index (χ1) is 8.70. The van der Waals surface area contributed by atoms with E-state index in [0.717, 1.165) is 0 Å². The molecule has 0 aliphatic heterocycles. The number of ether oxygens (including phenoxy) is 1. The van der Waals surface area contributed by atoms with E-state index in [2.05, 4.69) is 9.97 Å². The van der Waals surface area contributed by atoms with E-state index in [-0.39, 0.29) is 18.2 Å². The smallest absolute Gasteiger partial charge is 0.360 e. The summed E-state index contributed by atoms with van der Waals surface area (Å²) in [5.74, 6) is -0.902. The summed E-state index contributed by atoms with van der Waals surface area (Å²) in [6.45, 7) is -0.122. The number of benzene rings is 1. The number of carboxylic acids is 1. The van der Waals surface area contributed by atoms with Crippen LogP contribution in [0.5, 0.6) is 11.6 Å². The first-order valence-corrected chi connectivity index (χ1v) is 5.12. The van der Waals surface area contributed by atoms with Gasteiger partial charge in [-0.3, -0.25) is 0 Å². The zero-order valence-electron chi connectivity index (χ0n) is 9.28. The molecular formula is C12H10N2O4. The molecule has 2 N–H and O–H groups in total. The van der Waals surface area contributed by atoms with Crippen LogP contribution < -0.4 is 4.74 Å². The van der Waals surface area contributed by atoms with E-state index < -0.39 is 5.97 Å². The van der Waals surface area contributed by atoms with Gasteiger partial charge in [0.05, 0.1) is 6.61 Å². The number of nitrogens with zero attached hydrogens (tertiary/aromatic N) is 2. The van der Waals surface area contributed by atoms with Gasteiger partial charge in [0.25, 0.3) is 5.88 Å². The summed E-state index contributed by atoms with van der Waals surface area (Å²) in [5, 5.41) is 17.9. The molecule has 2 rings (SSSR count). The summed E-state index contributed by atoms with van der Waals surface area (Å²) in [6.07, 6.45) is 2.62. The second-order valence-electron chi connectivity index (χ2n) is 3.42. The van der Waals surface area contributed by atoms with Gasteiger partial charge in [-0.05, 0) is 17.7 Å². The molecule has 1 aromatic heterocycles. The molecule has 0 saturated heterocycles. The molecule has 0 fully saturated rings. The highest BCUT2D eigenvalue weighted by atomic mass is 16.5. The predicted octanol–water partition coefficient (Wildman–Crippen LogP) is 1.46. The van der Waals surface area contributed by atoms with Crippen molar-refractivity contribution < 1.29 is 19.7 Å². The van der Waals surface area contributed by atoms with Crippen LogP contribution in [0, 0.1) is 0 Å². The minimum atomic E-state index is -1.21. The number of hydrogen-bond donors (Lipinski definition) is 2. The Morgan fingerprint density at radius 1 is 1.28 bits per heavy atom. The summed E-state index contributed by atoms with van der Waals surface area (Å²) in [7, 11) is 0. The van der Waals surface area contributed by atoms with Gasteiger partial charge < -0.3 is 14.9 Å². The molecule has 6 nitrogen and oxygen atoms in total. The molecule has 1 aromatic carbocycles. The lowest BCUT2D eigenvalue weighted by atomic mass is 10.2. The van der Waals surface area contributed by atoms with Crippen molar-refractivity contribution in [1.82, 2.24) is 9.97 Å². The van der Waals surface area contributed by atoms with Crippen LogP contribution in [0.3, 0.4) is 0 Å². The molecule has 0 atom stereocenters. The number of aromatic nitrogens is 2. The van der Waals surface area contributed by atoms with Gasteiger partial charge in [-0.1, -0.05) is 12.1 Å². The Bertz CT molecular complexity index is 572. The average Bonchev–Trinajstić information content (AvgIpc) is 2.39. The zero-order chi connectivity index (χ0) is 13.0. The van der Waals surface area contributed by atoms with Crippen molar-refractivity contribution >= 4 is 5.97 Å². The number of carboxylic acid groups (broad SMARTS) is 1. The third-order valence-electron chi connectivity index (χ3n) is 2.16. The van der Waals surface area contributed by atoms with Gasteiger partial charge >= 0.3 is 5.97 Å². The molecule has 0 saturated carbocycles. The number of rotatable bonds is 4. The van der Waals surface area contributed by atoms with Gasteiger partial charge in [0, 0.05) is 12.4 Å². The lowest BCUT2D eigenvalue weighted by Gasteiger charge is -2.07. The molecule has 2 aromatic rings. The molecule has 0 unspecified atom stereocenters. The van der Waals surface area contributed by atoms with Crippen molar-refractivity contribution in [3.8, 4) is 11.6 Å². The van der Waals surface area contributed by atoms with Crippen LogP contribution in [-0.4, -0.2) is 26.2 Å². The van der Waals surface area contributed by atoms with E-state index in [1.165, 1.54) is 12.4 Å². The van der Waals surface area contributed by atoms with Gasteiger partial charge in [-0.25, -0.2) is 14.8 Å². The highest BCUT2D eigenvalue weighted by molar-refractivity contribution is 5.87. The maximum atomic E-state index is 10.9. The van der Waals surface area contributed by atoms with Gasteiger partial charge in [0.15, 0.2) is 0 Å². The summed E-state index contributed by atoms with van der Waals surface area (Å²) >= 11 is 0. The van der Waals surface area contributed by atoms with Gasteiger partial charge in [0.2, 0.25) is 5.69 Å². The van der Waals surface area contributed by atoms with Gasteiger partial charge in [-0.2, -0.15) is 0 Å². The molecule has 92 valence electrons. The molecule has 0 amide bonds. The summed E-state index contributed by atoms with van der Waals surface area (Å²) in [6, 6.07) is 6.65. The number of aliphatic hydroxyl groups is 1. The Labute approximate surface area is 103 Å². The van der Waals surface area contributed by atoms with Crippen LogP contribution in [0.1, 0.15) is 16.1 Å². The van der Waals surface area contributed by atoms with Crippen molar-refractivity contribution in [3.63, 3.8) is 0 Å². The fraction of sp³-hybridized carbons (Fsp3) is 0.0833. The fourth-order valence-electron chi connectivity index (χ4n) is 1.37. The molecule has 1 heterocycles. The van der Waals surface area contributed by atoms with E-state index in [0.29, 0.717) is 11.3 Å². The summed E-state index contributed by atoms with van der Waals surface area (Å²) in [4.78, 5) is 18.4. The van der Waals surface area contributed by atoms with Crippen molar-refractivity contribution in [2.24, 2.45) is 0 Å². The Morgan fingerprint density at radius 3 is 2.78 bits per heavy atom. The molecule has 0 spiro atoms. The van der Waals surface area contributed by atoms with E-state index in [4.69, 9.17) is 14.9 Å².